The standard InChI is InChI=1S/C24H26N2O5/c1-2-30-24(29)31-21-12-10-19(11-13-21)23(28)25-16-18-8-5-9-20(14-18)26-22(27)15-17-6-3-4-7-17/h5,8-15H,2-4,6-7,16H2,1H3,(H,25,28)(H,26,27). The van der Waals surface area contributed by atoms with Crippen molar-refractivity contribution in [2.75, 3.05) is 11.9 Å². The van der Waals surface area contributed by atoms with Crippen LogP contribution in [0.2, 0.25) is 0 Å². The number of rotatable bonds is 7. The summed E-state index contributed by atoms with van der Waals surface area (Å²) in [5.41, 5.74) is 3.18. The largest absolute Gasteiger partial charge is 0.513 e. The number of nitrogens with one attached hydrogen (secondary N) is 2. The molecule has 1 saturated carbocycles. The summed E-state index contributed by atoms with van der Waals surface area (Å²) in [6.07, 6.45) is 5.19. The summed E-state index contributed by atoms with van der Waals surface area (Å²) in [4.78, 5) is 35.9. The van der Waals surface area contributed by atoms with Gasteiger partial charge in [-0.25, -0.2) is 4.79 Å². The Hall–Kier alpha value is -3.61. The number of hydrogen-bond acceptors (Lipinski definition) is 5. The van der Waals surface area contributed by atoms with Crippen molar-refractivity contribution in [3.8, 4) is 5.75 Å². The van der Waals surface area contributed by atoms with E-state index in [-0.39, 0.29) is 18.4 Å². The fourth-order valence-corrected chi connectivity index (χ4v) is 3.30. The van der Waals surface area contributed by atoms with Crippen LogP contribution in [0.25, 0.3) is 0 Å². The molecule has 7 nitrogen and oxygen atoms in total. The average Bonchev–Trinajstić information content (AvgIpc) is 3.26. The van der Waals surface area contributed by atoms with Gasteiger partial charge in [-0.15, -0.1) is 0 Å². The van der Waals surface area contributed by atoms with E-state index in [2.05, 4.69) is 10.6 Å². The van der Waals surface area contributed by atoms with Gasteiger partial charge in [-0.2, -0.15) is 0 Å². The minimum absolute atomic E-state index is 0.122. The van der Waals surface area contributed by atoms with Crippen LogP contribution in [0.1, 0.15) is 48.5 Å². The summed E-state index contributed by atoms with van der Waals surface area (Å²) in [5.74, 6) is -0.0858. The maximum absolute atomic E-state index is 12.4. The molecule has 1 aliphatic rings. The first-order valence-electron chi connectivity index (χ1n) is 10.4. The Morgan fingerprint density at radius 2 is 1.77 bits per heavy atom. The van der Waals surface area contributed by atoms with Gasteiger partial charge in [0.25, 0.3) is 5.91 Å². The van der Waals surface area contributed by atoms with Crippen LogP contribution < -0.4 is 15.4 Å². The maximum atomic E-state index is 12.4. The highest BCUT2D eigenvalue weighted by molar-refractivity contribution is 5.99. The Labute approximate surface area is 181 Å². The summed E-state index contributed by atoms with van der Waals surface area (Å²) in [6, 6.07) is 13.6. The fraction of sp³-hybridized carbons (Fsp3) is 0.292. The van der Waals surface area contributed by atoms with Crippen molar-refractivity contribution in [1.29, 1.82) is 0 Å². The van der Waals surface area contributed by atoms with Crippen molar-refractivity contribution < 1.29 is 23.9 Å². The molecule has 0 heterocycles. The topological polar surface area (TPSA) is 93.7 Å². The molecule has 162 valence electrons. The third-order valence-corrected chi connectivity index (χ3v) is 4.81. The number of allylic oxidation sites excluding steroid dienone is 1. The zero-order valence-electron chi connectivity index (χ0n) is 17.5. The van der Waals surface area contributed by atoms with Crippen LogP contribution in [-0.2, 0) is 16.1 Å². The van der Waals surface area contributed by atoms with Crippen molar-refractivity contribution >= 4 is 23.7 Å². The van der Waals surface area contributed by atoms with E-state index in [0.717, 1.165) is 31.2 Å². The molecule has 0 radical (unpaired) electrons. The number of carbonyl (C=O) groups is 3. The van der Waals surface area contributed by atoms with E-state index in [4.69, 9.17) is 9.47 Å². The lowest BCUT2D eigenvalue weighted by Gasteiger charge is -2.09. The lowest BCUT2D eigenvalue weighted by molar-refractivity contribution is -0.112. The molecule has 0 spiro atoms. The van der Waals surface area contributed by atoms with E-state index in [0.29, 0.717) is 23.5 Å². The van der Waals surface area contributed by atoms with Crippen LogP contribution in [-0.4, -0.2) is 24.6 Å². The number of benzene rings is 2. The molecule has 0 bridgehead atoms. The van der Waals surface area contributed by atoms with Crippen molar-refractivity contribution in [1.82, 2.24) is 5.32 Å². The van der Waals surface area contributed by atoms with Crippen LogP contribution in [0, 0.1) is 0 Å². The molecule has 1 fully saturated rings. The predicted molar refractivity (Wildman–Crippen MR) is 117 cm³/mol. The summed E-state index contributed by atoms with van der Waals surface area (Å²) < 4.78 is 9.68. The van der Waals surface area contributed by atoms with E-state index in [1.807, 2.05) is 24.3 Å². The van der Waals surface area contributed by atoms with E-state index < -0.39 is 6.16 Å². The molecular weight excluding hydrogens is 396 g/mol. The highest BCUT2D eigenvalue weighted by atomic mass is 16.7. The van der Waals surface area contributed by atoms with E-state index in [1.165, 1.54) is 17.7 Å². The van der Waals surface area contributed by atoms with Crippen molar-refractivity contribution in [3.63, 3.8) is 0 Å². The number of anilines is 1. The molecule has 2 amide bonds. The fourth-order valence-electron chi connectivity index (χ4n) is 3.30. The summed E-state index contributed by atoms with van der Waals surface area (Å²) in [5, 5.41) is 5.72. The summed E-state index contributed by atoms with van der Waals surface area (Å²) in [6.45, 7) is 2.22. The molecule has 0 unspecified atom stereocenters. The Bertz CT molecular complexity index is 958. The third-order valence-electron chi connectivity index (χ3n) is 4.81. The second-order valence-corrected chi connectivity index (χ2v) is 7.19. The van der Waals surface area contributed by atoms with Crippen LogP contribution in [0.4, 0.5) is 10.5 Å². The quantitative estimate of drug-likeness (QED) is 0.387. The second kappa shape index (κ2) is 11.0. The first-order chi connectivity index (χ1) is 15.0. The maximum Gasteiger partial charge on any atom is 0.513 e. The molecule has 0 aromatic heterocycles. The molecule has 0 aliphatic heterocycles. The molecule has 0 saturated heterocycles. The predicted octanol–water partition coefficient (Wildman–Crippen LogP) is 4.59. The van der Waals surface area contributed by atoms with Crippen LogP contribution in [0.15, 0.2) is 60.2 Å². The molecule has 0 atom stereocenters. The van der Waals surface area contributed by atoms with Crippen LogP contribution in [0.3, 0.4) is 0 Å². The second-order valence-electron chi connectivity index (χ2n) is 7.19. The minimum atomic E-state index is -0.786. The highest BCUT2D eigenvalue weighted by Crippen LogP contribution is 2.23. The Balaban J connectivity index is 1.52. The van der Waals surface area contributed by atoms with Gasteiger partial charge < -0.3 is 20.1 Å². The smallest absolute Gasteiger partial charge is 0.434 e. The normalized spacial score (nSPS) is 12.7. The number of ether oxygens (including phenoxy) is 2. The number of carbonyl (C=O) groups excluding carboxylic acids is 3. The molecule has 2 aromatic rings. The minimum Gasteiger partial charge on any atom is -0.434 e. The van der Waals surface area contributed by atoms with Crippen molar-refractivity contribution in [2.45, 2.75) is 39.2 Å². The lowest BCUT2D eigenvalue weighted by atomic mass is 10.1. The van der Waals surface area contributed by atoms with Gasteiger partial charge in [0.1, 0.15) is 5.75 Å². The summed E-state index contributed by atoms with van der Waals surface area (Å²) >= 11 is 0. The van der Waals surface area contributed by atoms with Gasteiger partial charge in [0.05, 0.1) is 6.61 Å². The Morgan fingerprint density at radius 1 is 1.03 bits per heavy atom. The van der Waals surface area contributed by atoms with Gasteiger partial charge in [0.15, 0.2) is 0 Å². The highest BCUT2D eigenvalue weighted by Gasteiger charge is 2.10. The van der Waals surface area contributed by atoms with Crippen LogP contribution >= 0.6 is 0 Å². The van der Waals surface area contributed by atoms with E-state index in [9.17, 15) is 14.4 Å². The molecule has 7 heteroatoms. The Kier molecular flexibility index (Phi) is 7.81. The van der Waals surface area contributed by atoms with Crippen LogP contribution in [0.5, 0.6) is 5.75 Å². The van der Waals surface area contributed by atoms with Gasteiger partial charge in [-0.1, -0.05) is 17.7 Å². The SMILES string of the molecule is CCOC(=O)Oc1ccc(C(=O)NCc2cccc(NC(=O)C=C3CCCC3)c2)cc1. The van der Waals surface area contributed by atoms with Gasteiger partial charge in [-0.05, 0) is 74.6 Å². The molecule has 2 aromatic carbocycles. The Morgan fingerprint density at radius 3 is 2.48 bits per heavy atom. The van der Waals surface area contributed by atoms with Crippen molar-refractivity contribution in [3.05, 3.63) is 71.3 Å². The average molecular weight is 422 g/mol. The number of amides is 2. The monoisotopic (exact) mass is 422 g/mol. The van der Waals surface area contributed by atoms with Gasteiger partial charge in [0.2, 0.25) is 5.91 Å². The third kappa shape index (κ3) is 6.99. The van der Waals surface area contributed by atoms with Crippen molar-refractivity contribution in [2.24, 2.45) is 0 Å². The molecule has 3 rings (SSSR count). The molecule has 2 N–H and O–H groups in total. The summed E-state index contributed by atoms with van der Waals surface area (Å²) in [7, 11) is 0. The lowest BCUT2D eigenvalue weighted by Crippen LogP contribution is -2.22. The molecule has 31 heavy (non-hydrogen) atoms. The molecular formula is C24H26N2O5. The van der Waals surface area contributed by atoms with E-state index >= 15 is 0 Å². The first-order valence-corrected chi connectivity index (χ1v) is 10.4. The number of hydrogen-bond donors (Lipinski definition) is 2. The van der Waals surface area contributed by atoms with Gasteiger partial charge >= 0.3 is 6.16 Å². The molecule has 1 aliphatic carbocycles. The zero-order valence-corrected chi connectivity index (χ0v) is 17.5. The van der Waals surface area contributed by atoms with Gasteiger partial charge in [-0.3, -0.25) is 9.59 Å². The van der Waals surface area contributed by atoms with Gasteiger partial charge in [0, 0.05) is 23.9 Å². The zero-order chi connectivity index (χ0) is 22.1. The first kappa shape index (κ1) is 22.1. The van der Waals surface area contributed by atoms with E-state index in [1.54, 1.807) is 25.1 Å².